The van der Waals surface area contributed by atoms with E-state index in [1.165, 1.54) is 0 Å². The fraction of sp³-hybridized carbons (Fsp3) is 0. The van der Waals surface area contributed by atoms with Crippen LogP contribution in [0.2, 0.25) is 0 Å². The Morgan fingerprint density at radius 1 is 0.783 bits per heavy atom. The Hall–Kier alpha value is -3.31. The molecule has 0 saturated heterocycles. The zero-order valence-electron chi connectivity index (χ0n) is 12.5. The zero-order chi connectivity index (χ0) is 15.9. The van der Waals surface area contributed by atoms with Gasteiger partial charge in [0.1, 0.15) is 11.5 Å². The molecule has 0 aliphatic heterocycles. The molecule has 2 heteroatoms. The van der Waals surface area contributed by atoms with Crippen LogP contribution in [0.3, 0.4) is 0 Å². The summed E-state index contributed by atoms with van der Waals surface area (Å²) in [4.78, 5) is 0. The van der Waals surface area contributed by atoms with Crippen LogP contribution in [0, 0.1) is 11.3 Å². The lowest BCUT2D eigenvalue weighted by Gasteiger charge is -2.11. The molecular weight excluding hydrogens is 282 g/mol. The van der Waals surface area contributed by atoms with Crippen LogP contribution >= 0.6 is 0 Å². The highest BCUT2D eigenvalue weighted by Crippen LogP contribution is 2.23. The van der Waals surface area contributed by atoms with Gasteiger partial charge < -0.3 is 4.74 Å². The van der Waals surface area contributed by atoms with Crippen LogP contribution in [0.5, 0.6) is 5.75 Å². The highest BCUT2D eigenvalue weighted by molar-refractivity contribution is 5.78. The number of nitriles is 1. The van der Waals surface area contributed by atoms with E-state index in [0.717, 1.165) is 16.9 Å². The number of hydrogen-bond acceptors (Lipinski definition) is 2. The van der Waals surface area contributed by atoms with Crippen LogP contribution < -0.4 is 4.74 Å². The minimum Gasteiger partial charge on any atom is -0.457 e. The van der Waals surface area contributed by atoms with Crippen molar-refractivity contribution in [3.05, 3.63) is 102 Å². The molecule has 0 aliphatic rings. The minimum absolute atomic E-state index is 0.616. The summed E-state index contributed by atoms with van der Waals surface area (Å²) in [5.41, 5.74) is 2.69. The summed E-state index contributed by atoms with van der Waals surface area (Å²) in [6.45, 7) is 0. The van der Waals surface area contributed by atoms with E-state index < -0.39 is 0 Å². The van der Waals surface area contributed by atoms with Crippen LogP contribution in [0.25, 0.3) is 11.8 Å². The van der Waals surface area contributed by atoms with Gasteiger partial charge in [-0.15, -0.1) is 0 Å². The van der Waals surface area contributed by atoms with E-state index in [1.54, 1.807) is 24.3 Å². The third kappa shape index (κ3) is 3.87. The van der Waals surface area contributed by atoms with Gasteiger partial charge in [0.05, 0.1) is 11.6 Å². The highest BCUT2D eigenvalue weighted by Gasteiger charge is 2.05. The lowest BCUT2D eigenvalue weighted by atomic mass is 10.1. The summed E-state index contributed by atoms with van der Waals surface area (Å²) in [6.07, 6.45) is 2.01. The summed E-state index contributed by atoms with van der Waals surface area (Å²) < 4.78 is 6.06. The first-order valence-electron chi connectivity index (χ1n) is 7.35. The molecule has 0 heterocycles. The van der Waals surface area contributed by atoms with Crippen molar-refractivity contribution in [1.29, 1.82) is 5.26 Å². The second-order valence-corrected chi connectivity index (χ2v) is 5.02. The van der Waals surface area contributed by atoms with Crippen LogP contribution in [0.4, 0.5) is 0 Å². The van der Waals surface area contributed by atoms with Crippen molar-refractivity contribution in [2.45, 2.75) is 0 Å². The quantitative estimate of drug-likeness (QED) is 0.493. The van der Waals surface area contributed by atoms with Gasteiger partial charge >= 0.3 is 0 Å². The Kier molecular flexibility index (Phi) is 4.52. The van der Waals surface area contributed by atoms with Gasteiger partial charge in [-0.25, -0.2) is 0 Å². The molecule has 2 nitrogen and oxygen atoms in total. The van der Waals surface area contributed by atoms with Gasteiger partial charge in [-0.3, -0.25) is 0 Å². The molecule has 0 saturated carbocycles. The maximum atomic E-state index is 8.88. The Balaban J connectivity index is 1.95. The molecular formula is C21H15NO. The van der Waals surface area contributed by atoms with Gasteiger partial charge in [-0.2, -0.15) is 5.26 Å². The predicted molar refractivity (Wildman–Crippen MR) is 92.5 cm³/mol. The standard InChI is InChI=1S/C21H15NO/c22-16-18-11-13-20(14-12-18)23-21(19-9-5-2-6-10-19)15-17-7-3-1-4-8-17/h1-15H/b21-15-. The fourth-order valence-corrected chi connectivity index (χ4v) is 2.20. The molecule has 3 rings (SSSR count). The number of rotatable bonds is 4. The van der Waals surface area contributed by atoms with Crippen LogP contribution in [-0.4, -0.2) is 0 Å². The smallest absolute Gasteiger partial charge is 0.135 e. The van der Waals surface area contributed by atoms with E-state index in [-0.39, 0.29) is 0 Å². The van der Waals surface area contributed by atoms with Crippen molar-refractivity contribution in [2.75, 3.05) is 0 Å². The first-order chi connectivity index (χ1) is 11.3. The molecule has 23 heavy (non-hydrogen) atoms. The highest BCUT2D eigenvalue weighted by atomic mass is 16.5. The molecule has 3 aromatic rings. The van der Waals surface area contributed by atoms with Crippen molar-refractivity contribution < 1.29 is 4.74 Å². The normalized spacial score (nSPS) is 10.8. The first kappa shape index (κ1) is 14.6. The third-order valence-corrected chi connectivity index (χ3v) is 3.37. The van der Waals surface area contributed by atoms with Crippen molar-refractivity contribution >= 4 is 11.8 Å². The van der Waals surface area contributed by atoms with E-state index in [2.05, 4.69) is 6.07 Å². The predicted octanol–water partition coefficient (Wildman–Crippen LogP) is 5.14. The summed E-state index contributed by atoms with van der Waals surface area (Å²) in [6, 6.07) is 29.2. The average Bonchev–Trinajstić information content (AvgIpc) is 2.63. The van der Waals surface area contributed by atoms with Crippen molar-refractivity contribution in [1.82, 2.24) is 0 Å². The van der Waals surface area contributed by atoms with Crippen LogP contribution in [-0.2, 0) is 0 Å². The number of ether oxygens (including phenoxy) is 1. The minimum atomic E-state index is 0.616. The average molecular weight is 297 g/mol. The van der Waals surface area contributed by atoms with Gasteiger partial charge in [0.2, 0.25) is 0 Å². The van der Waals surface area contributed by atoms with E-state index in [0.29, 0.717) is 11.3 Å². The first-order valence-corrected chi connectivity index (χ1v) is 7.35. The molecule has 0 N–H and O–H groups in total. The second-order valence-electron chi connectivity index (χ2n) is 5.02. The molecule has 0 unspecified atom stereocenters. The van der Waals surface area contributed by atoms with E-state index in [1.807, 2.05) is 66.7 Å². The number of hydrogen-bond donors (Lipinski definition) is 0. The van der Waals surface area contributed by atoms with Crippen molar-refractivity contribution in [3.8, 4) is 11.8 Å². The Labute approximate surface area is 135 Å². The number of benzene rings is 3. The van der Waals surface area contributed by atoms with Gasteiger partial charge in [-0.1, -0.05) is 60.7 Å². The van der Waals surface area contributed by atoms with Crippen LogP contribution in [0.15, 0.2) is 84.9 Å². The van der Waals surface area contributed by atoms with Crippen molar-refractivity contribution in [2.24, 2.45) is 0 Å². The van der Waals surface area contributed by atoms with Gasteiger partial charge in [0, 0.05) is 5.56 Å². The Morgan fingerprint density at radius 3 is 2.00 bits per heavy atom. The van der Waals surface area contributed by atoms with E-state index in [9.17, 15) is 0 Å². The lowest BCUT2D eigenvalue weighted by Crippen LogP contribution is -1.95. The SMILES string of the molecule is N#Cc1ccc(O/C(=C\c2ccccc2)c2ccccc2)cc1. The lowest BCUT2D eigenvalue weighted by molar-refractivity contribution is 0.518. The maximum Gasteiger partial charge on any atom is 0.135 e. The second kappa shape index (κ2) is 7.11. The topological polar surface area (TPSA) is 33.0 Å². The Morgan fingerprint density at radius 2 is 1.39 bits per heavy atom. The molecule has 0 spiro atoms. The molecule has 110 valence electrons. The van der Waals surface area contributed by atoms with E-state index >= 15 is 0 Å². The molecule has 3 aromatic carbocycles. The zero-order valence-corrected chi connectivity index (χ0v) is 12.5. The molecule has 0 aromatic heterocycles. The monoisotopic (exact) mass is 297 g/mol. The third-order valence-electron chi connectivity index (χ3n) is 3.37. The van der Waals surface area contributed by atoms with Crippen molar-refractivity contribution in [3.63, 3.8) is 0 Å². The van der Waals surface area contributed by atoms with Crippen LogP contribution in [0.1, 0.15) is 16.7 Å². The molecule has 0 atom stereocenters. The Bertz CT molecular complexity index is 829. The number of nitrogens with zero attached hydrogens (tertiary/aromatic N) is 1. The maximum absolute atomic E-state index is 8.88. The van der Waals surface area contributed by atoms with Gasteiger partial charge in [0.25, 0.3) is 0 Å². The fourth-order valence-electron chi connectivity index (χ4n) is 2.20. The summed E-state index contributed by atoms with van der Waals surface area (Å²) in [5.74, 6) is 1.47. The van der Waals surface area contributed by atoms with Gasteiger partial charge in [-0.05, 0) is 35.9 Å². The summed E-state index contributed by atoms with van der Waals surface area (Å²) in [7, 11) is 0. The van der Waals surface area contributed by atoms with Gasteiger partial charge in [0.15, 0.2) is 0 Å². The molecule has 0 fully saturated rings. The summed E-state index contributed by atoms with van der Waals surface area (Å²) >= 11 is 0. The largest absolute Gasteiger partial charge is 0.457 e. The van der Waals surface area contributed by atoms with E-state index in [4.69, 9.17) is 10.00 Å². The molecule has 0 amide bonds. The molecule has 0 bridgehead atoms. The molecule has 0 radical (unpaired) electrons. The molecule has 0 aliphatic carbocycles. The summed E-state index contributed by atoms with van der Waals surface area (Å²) in [5, 5.41) is 8.88.